The number of anilines is 1. The molecule has 0 aliphatic rings. The third-order valence-electron chi connectivity index (χ3n) is 3.17. The van der Waals surface area contributed by atoms with Gasteiger partial charge in [0.1, 0.15) is 11.5 Å². The summed E-state index contributed by atoms with van der Waals surface area (Å²) in [5, 5.41) is 19.5. The second-order valence-electron chi connectivity index (χ2n) is 4.54. The quantitative estimate of drug-likeness (QED) is 0.901. The molecule has 2 N–H and O–H groups in total. The number of nitrogens with zero attached hydrogens (tertiary/aromatic N) is 1. The van der Waals surface area contributed by atoms with Crippen LogP contribution in [0.3, 0.4) is 0 Å². The van der Waals surface area contributed by atoms with Gasteiger partial charge in [0.2, 0.25) is 0 Å². The van der Waals surface area contributed by atoms with Gasteiger partial charge in [-0.15, -0.1) is 0 Å². The maximum atomic E-state index is 12.5. The molecule has 0 aliphatic carbocycles. The van der Waals surface area contributed by atoms with E-state index in [2.05, 4.69) is 0 Å². The number of aryl methyl sites for hydroxylation is 1. The molecule has 4 heteroatoms. The number of phenols is 2. The van der Waals surface area contributed by atoms with Crippen LogP contribution in [0.1, 0.15) is 22.8 Å². The van der Waals surface area contributed by atoms with E-state index in [-0.39, 0.29) is 23.0 Å². The molecular formula is C16H17NO3. The second kappa shape index (κ2) is 5.65. The van der Waals surface area contributed by atoms with Gasteiger partial charge in [-0.3, -0.25) is 4.79 Å². The molecule has 4 nitrogen and oxygen atoms in total. The number of hydrogen-bond acceptors (Lipinski definition) is 3. The van der Waals surface area contributed by atoms with Crippen LogP contribution in [0.4, 0.5) is 5.69 Å². The Hall–Kier alpha value is -2.49. The van der Waals surface area contributed by atoms with Crippen LogP contribution in [-0.2, 0) is 0 Å². The van der Waals surface area contributed by atoms with Gasteiger partial charge < -0.3 is 15.1 Å². The Labute approximate surface area is 117 Å². The highest BCUT2D eigenvalue weighted by Crippen LogP contribution is 2.26. The first-order valence-electron chi connectivity index (χ1n) is 6.44. The number of benzene rings is 2. The van der Waals surface area contributed by atoms with Crippen molar-refractivity contribution in [3.63, 3.8) is 0 Å². The first-order chi connectivity index (χ1) is 9.54. The predicted octanol–water partition coefficient (Wildman–Crippen LogP) is 3.07. The fourth-order valence-corrected chi connectivity index (χ4v) is 2.08. The third-order valence-corrected chi connectivity index (χ3v) is 3.17. The fourth-order valence-electron chi connectivity index (χ4n) is 2.08. The average Bonchev–Trinajstić information content (AvgIpc) is 2.42. The molecule has 0 unspecified atom stereocenters. The lowest BCUT2D eigenvalue weighted by molar-refractivity contribution is 0.0985. The Morgan fingerprint density at radius 3 is 2.50 bits per heavy atom. The minimum absolute atomic E-state index is 0.00361. The number of aromatic hydroxyl groups is 2. The summed E-state index contributed by atoms with van der Waals surface area (Å²) in [6.07, 6.45) is 0. The Balaban J connectivity index is 2.42. The minimum atomic E-state index is -0.292. The molecule has 0 radical (unpaired) electrons. The highest BCUT2D eigenvalue weighted by atomic mass is 16.3. The van der Waals surface area contributed by atoms with Crippen LogP contribution in [0.5, 0.6) is 11.5 Å². The minimum Gasteiger partial charge on any atom is -0.508 e. The lowest BCUT2D eigenvalue weighted by Crippen LogP contribution is -2.30. The van der Waals surface area contributed by atoms with Crippen molar-refractivity contribution in [1.29, 1.82) is 0 Å². The van der Waals surface area contributed by atoms with Crippen molar-refractivity contribution in [3.05, 3.63) is 53.6 Å². The standard InChI is InChI=1S/C16H17NO3/c1-3-17(12-7-5-8-13(18)10-12)16(20)14-9-4-6-11(2)15(14)19/h4-10,18-19H,3H2,1-2H3. The monoisotopic (exact) mass is 271 g/mol. The Morgan fingerprint density at radius 1 is 1.15 bits per heavy atom. The third kappa shape index (κ3) is 2.59. The Kier molecular flexibility index (Phi) is 3.94. The van der Waals surface area contributed by atoms with Gasteiger partial charge in [-0.1, -0.05) is 18.2 Å². The van der Waals surface area contributed by atoms with E-state index in [1.165, 1.54) is 11.0 Å². The van der Waals surface area contributed by atoms with E-state index in [1.807, 2.05) is 6.92 Å². The molecule has 0 saturated heterocycles. The van der Waals surface area contributed by atoms with Gasteiger partial charge in [0.25, 0.3) is 5.91 Å². The topological polar surface area (TPSA) is 60.8 Å². The van der Waals surface area contributed by atoms with Crippen molar-refractivity contribution < 1.29 is 15.0 Å². The summed E-state index contributed by atoms with van der Waals surface area (Å²) in [5.74, 6) is -0.197. The highest BCUT2D eigenvalue weighted by Gasteiger charge is 2.20. The molecule has 1 amide bonds. The molecule has 0 spiro atoms. The van der Waals surface area contributed by atoms with Crippen molar-refractivity contribution in [2.75, 3.05) is 11.4 Å². The van der Waals surface area contributed by atoms with Crippen LogP contribution >= 0.6 is 0 Å². The normalized spacial score (nSPS) is 10.3. The van der Waals surface area contributed by atoms with E-state index in [0.29, 0.717) is 17.8 Å². The van der Waals surface area contributed by atoms with E-state index in [1.54, 1.807) is 43.3 Å². The molecule has 2 rings (SSSR count). The summed E-state index contributed by atoms with van der Waals surface area (Å²) < 4.78 is 0. The van der Waals surface area contributed by atoms with E-state index in [9.17, 15) is 15.0 Å². The summed E-state index contributed by atoms with van der Waals surface area (Å²) in [5.41, 5.74) is 1.51. The van der Waals surface area contributed by atoms with Gasteiger partial charge in [0.05, 0.1) is 5.56 Å². The van der Waals surface area contributed by atoms with E-state index < -0.39 is 0 Å². The van der Waals surface area contributed by atoms with Gasteiger partial charge in [0, 0.05) is 18.3 Å². The molecule has 0 bridgehead atoms. The van der Waals surface area contributed by atoms with E-state index >= 15 is 0 Å². The Bertz CT molecular complexity index is 637. The lowest BCUT2D eigenvalue weighted by Gasteiger charge is -2.22. The van der Waals surface area contributed by atoms with Crippen LogP contribution in [0, 0.1) is 6.92 Å². The number of para-hydroxylation sites is 1. The zero-order valence-corrected chi connectivity index (χ0v) is 11.5. The molecule has 0 fully saturated rings. The van der Waals surface area contributed by atoms with Crippen molar-refractivity contribution in [3.8, 4) is 11.5 Å². The van der Waals surface area contributed by atoms with Crippen molar-refractivity contribution >= 4 is 11.6 Å². The van der Waals surface area contributed by atoms with E-state index in [0.717, 1.165) is 0 Å². The summed E-state index contributed by atoms with van der Waals surface area (Å²) >= 11 is 0. The molecule has 0 aliphatic heterocycles. The number of rotatable bonds is 3. The van der Waals surface area contributed by atoms with Crippen molar-refractivity contribution in [2.45, 2.75) is 13.8 Å². The Morgan fingerprint density at radius 2 is 1.85 bits per heavy atom. The summed E-state index contributed by atoms with van der Waals surface area (Å²) in [4.78, 5) is 14.1. The van der Waals surface area contributed by atoms with Gasteiger partial charge >= 0.3 is 0 Å². The molecule has 20 heavy (non-hydrogen) atoms. The van der Waals surface area contributed by atoms with Crippen molar-refractivity contribution in [1.82, 2.24) is 0 Å². The largest absolute Gasteiger partial charge is 0.508 e. The summed E-state index contributed by atoms with van der Waals surface area (Å²) in [6.45, 7) is 4.03. The van der Waals surface area contributed by atoms with Crippen LogP contribution in [0.2, 0.25) is 0 Å². The first kappa shape index (κ1) is 13.9. The van der Waals surface area contributed by atoms with Crippen LogP contribution < -0.4 is 4.90 Å². The average molecular weight is 271 g/mol. The molecule has 2 aromatic rings. The second-order valence-corrected chi connectivity index (χ2v) is 4.54. The number of hydrogen-bond donors (Lipinski definition) is 2. The molecule has 2 aromatic carbocycles. The number of amides is 1. The van der Waals surface area contributed by atoms with Gasteiger partial charge in [-0.25, -0.2) is 0 Å². The number of carbonyl (C=O) groups is 1. The molecule has 0 heterocycles. The van der Waals surface area contributed by atoms with Gasteiger partial charge in [-0.2, -0.15) is 0 Å². The number of phenolic OH excluding ortho intramolecular Hbond substituents is 2. The smallest absolute Gasteiger partial charge is 0.262 e. The van der Waals surface area contributed by atoms with Gasteiger partial charge in [-0.05, 0) is 37.6 Å². The van der Waals surface area contributed by atoms with Crippen LogP contribution in [-0.4, -0.2) is 22.7 Å². The van der Waals surface area contributed by atoms with E-state index in [4.69, 9.17) is 0 Å². The predicted molar refractivity (Wildman–Crippen MR) is 78.3 cm³/mol. The highest BCUT2D eigenvalue weighted by molar-refractivity contribution is 6.08. The zero-order valence-electron chi connectivity index (χ0n) is 11.5. The van der Waals surface area contributed by atoms with Gasteiger partial charge in [0.15, 0.2) is 0 Å². The molecule has 0 atom stereocenters. The maximum absolute atomic E-state index is 12.5. The summed E-state index contributed by atoms with van der Waals surface area (Å²) in [7, 11) is 0. The number of carbonyl (C=O) groups excluding carboxylic acids is 1. The van der Waals surface area contributed by atoms with Crippen molar-refractivity contribution in [2.24, 2.45) is 0 Å². The molecule has 104 valence electrons. The molecule has 0 saturated carbocycles. The molecular weight excluding hydrogens is 254 g/mol. The maximum Gasteiger partial charge on any atom is 0.262 e. The zero-order chi connectivity index (χ0) is 14.7. The fraction of sp³-hybridized carbons (Fsp3) is 0.188. The summed E-state index contributed by atoms with van der Waals surface area (Å²) in [6, 6.07) is 11.6. The SMILES string of the molecule is CCN(C(=O)c1cccc(C)c1O)c1cccc(O)c1. The first-order valence-corrected chi connectivity index (χ1v) is 6.44. The van der Waals surface area contributed by atoms with Crippen LogP contribution in [0.25, 0.3) is 0 Å². The lowest BCUT2D eigenvalue weighted by atomic mass is 10.1. The molecule has 0 aromatic heterocycles. The van der Waals surface area contributed by atoms with Crippen LogP contribution in [0.15, 0.2) is 42.5 Å².